The number of methoxy groups -OCH3 is 1. The summed E-state index contributed by atoms with van der Waals surface area (Å²) in [5, 5.41) is 0. The average molecular weight is 289 g/mol. The zero-order valence-corrected chi connectivity index (χ0v) is 9.61. The zero-order chi connectivity index (χ0) is 9.84. The van der Waals surface area contributed by atoms with Crippen molar-refractivity contribution in [3.05, 3.63) is 40.0 Å². The summed E-state index contributed by atoms with van der Waals surface area (Å²) in [4.78, 5) is 0. The van der Waals surface area contributed by atoms with Crippen LogP contribution in [0.25, 0.3) is 0 Å². The molecular formula is C10H12INO. The molecule has 2 N–H and O–H groups in total. The zero-order valence-electron chi connectivity index (χ0n) is 7.46. The van der Waals surface area contributed by atoms with E-state index in [9.17, 15) is 0 Å². The van der Waals surface area contributed by atoms with Crippen molar-refractivity contribution in [1.29, 1.82) is 0 Å². The van der Waals surface area contributed by atoms with Gasteiger partial charge in [-0.05, 0) is 46.4 Å². The van der Waals surface area contributed by atoms with E-state index >= 15 is 0 Å². The van der Waals surface area contributed by atoms with Crippen molar-refractivity contribution in [2.45, 2.75) is 6.04 Å². The lowest BCUT2D eigenvalue weighted by Crippen LogP contribution is -2.08. The molecule has 0 aliphatic rings. The number of nitrogens with two attached hydrogens (primary N) is 1. The molecular weight excluding hydrogens is 277 g/mol. The molecule has 2 nitrogen and oxygen atoms in total. The normalized spacial score (nSPS) is 12.2. The second kappa shape index (κ2) is 4.62. The number of hydrogen-bond acceptors (Lipinski definition) is 2. The van der Waals surface area contributed by atoms with E-state index in [0.717, 1.165) is 14.9 Å². The van der Waals surface area contributed by atoms with Gasteiger partial charge in [0.05, 0.1) is 7.11 Å². The predicted octanol–water partition coefficient (Wildman–Crippen LogP) is 2.49. The third-order valence-electron chi connectivity index (χ3n) is 1.82. The summed E-state index contributed by atoms with van der Waals surface area (Å²) < 4.78 is 6.24. The molecule has 70 valence electrons. The highest BCUT2D eigenvalue weighted by Crippen LogP contribution is 2.24. The van der Waals surface area contributed by atoms with Gasteiger partial charge in [-0.1, -0.05) is 6.08 Å². The van der Waals surface area contributed by atoms with Crippen molar-refractivity contribution >= 4 is 22.6 Å². The summed E-state index contributed by atoms with van der Waals surface area (Å²) in [6, 6.07) is 5.72. The Balaban J connectivity index is 3.10. The third kappa shape index (κ3) is 2.45. The van der Waals surface area contributed by atoms with Crippen molar-refractivity contribution in [3.63, 3.8) is 0 Å². The molecule has 0 amide bonds. The monoisotopic (exact) mass is 289 g/mol. The van der Waals surface area contributed by atoms with E-state index in [1.54, 1.807) is 13.2 Å². The van der Waals surface area contributed by atoms with Crippen LogP contribution in [0, 0.1) is 3.57 Å². The van der Waals surface area contributed by atoms with Crippen molar-refractivity contribution in [2.75, 3.05) is 7.11 Å². The molecule has 1 aromatic rings. The van der Waals surface area contributed by atoms with Crippen LogP contribution in [0.1, 0.15) is 11.6 Å². The first kappa shape index (κ1) is 10.5. The highest BCUT2D eigenvalue weighted by Gasteiger charge is 2.07. The molecule has 3 heteroatoms. The summed E-state index contributed by atoms with van der Waals surface area (Å²) in [5.74, 6) is 0.827. The number of benzene rings is 1. The lowest BCUT2D eigenvalue weighted by atomic mass is 10.1. The summed E-state index contributed by atoms with van der Waals surface area (Å²) in [6.45, 7) is 3.66. The lowest BCUT2D eigenvalue weighted by molar-refractivity contribution is 0.414. The number of halogens is 1. The van der Waals surface area contributed by atoms with Crippen LogP contribution < -0.4 is 10.5 Å². The first-order valence-electron chi connectivity index (χ1n) is 3.90. The number of ether oxygens (including phenoxy) is 1. The van der Waals surface area contributed by atoms with Crippen molar-refractivity contribution in [3.8, 4) is 5.75 Å². The van der Waals surface area contributed by atoms with Crippen LogP contribution in [0.3, 0.4) is 0 Å². The van der Waals surface area contributed by atoms with E-state index in [2.05, 4.69) is 29.2 Å². The molecule has 0 aromatic heterocycles. The number of hydrogen-bond donors (Lipinski definition) is 1. The molecule has 1 atom stereocenters. The fourth-order valence-corrected chi connectivity index (χ4v) is 1.73. The number of rotatable bonds is 3. The standard InChI is InChI=1S/C10H12INO/c1-3-10(12)8-6-7(13-2)4-5-9(8)11/h3-6,10H,1,12H2,2H3/t10-/m1/s1. The first-order valence-corrected chi connectivity index (χ1v) is 4.98. The second-order valence-corrected chi connectivity index (χ2v) is 3.81. The van der Waals surface area contributed by atoms with Crippen LogP contribution in [-0.4, -0.2) is 7.11 Å². The van der Waals surface area contributed by atoms with E-state index in [-0.39, 0.29) is 6.04 Å². The highest BCUT2D eigenvalue weighted by molar-refractivity contribution is 14.1. The molecule has 0 saturated carbocycles. The quantitative estimate of drug-likeness (QED) is 0.685. The summed E-state index contributed by atoms with van der Waals surface area (Å²) in [7, 11) is 1.64. The largest absolute Gasteiger partial charge is 0.497 e. The Morgan fingerprint density at radius 1 is 1.62 bits per heavy atom. The highest BCUT2D eigenvalue weighted by atomic mass is 127. The van der Waals surface area contributed by atoms with Crippen LogP contribution in [0.15, 0.2) is 30.9 Å². The van der Waals surface area contributed by atoms with Crippen LogP contribution in [0.5, 0.6) is 5.75 Å². The van der Waals surface area contributed by atoms with Gasteiger partial charge in [-0.15, -0.1) is 6.58 Å². The molecule has 13 heavy (non-hydrogen) atoms. The van der Waals surface area contributed by atoms with Gasteiger partial charge in [0.25, 0.3) is 0 Å². The minimum absolute atomic E-state index is 0.123. The molecule has 1 rings (SSSR count). The van der Waals surface area contributed by atoms with Crippen LogP contribution in [0.2, 0.25) is 0 Å². The van der Waals surface area contributed by atoms with Gasteiger partial charge in [0.2, 0.25) is 0 Å². The van der Waals surface area contributed by atoms with Crippen LogP contribution >= 0.6 is 22.6 Å². The SMILES string of the molecule is C=C[C@@H](N)c1cc(OC)ccc1I. The molecule has 0 aliphatic carbocycles. The van der Waals surface area contributed by atoms with E-state index in [4.69, 9.17) is 10.5 Å². The van der Waals surface area contributed by atoms with E-state index in [1.807, 2.05) is 18.2 Å². The molecule has 0 unspecified atom stereocenters. The van der Waals surface area contributed by atoms with Gasteiger partial charge in [0.15, 0.2) is 0 Å². The Morgan fingerprint density at radius 3 is 2.85 bits per heavy atom. The van der Waals surface area contributed by atoms with Crippen LogP contribution in [0.4, 0.5) is 0 Å². The van der Waals surface area contributed by atoms with E-state index < -0.39 is 0 Å². The minimum Gasteiger partial charge on any atom is -0.497 e. The Hall–Kier alpha value is -0.550. The Kier molecular flexibility index (Phi) is 3.74. The van der Waals surface area contributed by atoms with Gasteiger partial charge >= 0.3 is 0 Å². The molecule has 0 aliphatic heterocycles. The third-order valence-corrected chi connectivity index (χ3v) is 2.80. The Bertz CT molecular complexity index is 312. The van der Waals surface area contributed by atoms with Crippen molar-refractivity contribution in [1.82, 2.24) is 0 Å². The molecule has 0 bridgehead atoms. The first-order chi connectivity index (χ1) is 6.19. The van der Waals surface area contributed by atoms with E-state index in [1.165, 1.54) is 0 Å². The van der Waals surface area contributed by atoms with Gasteiger partial charge in [-0.2, -0.15) is 0 Å². The smallest absolute Gasteiger partial charge is 0.119 e. The maximum Gasteiger partial charge on any atom is 0.119 e. The molecule has 0 heterocycles. The second-order valence-electron chi connectivity index (χ2n) is 2.65. The summed E-state index contributed by atoms with van der Waals surface area (Å²) in [5.41, 5.74) is 6.89. The van der Waals surface area contributed by atoms with Gasteiger partial charge in [0.1, 0.15) is 5.75 Å². The molecule has 0 saturated heterocycles. The minimum atomic E-state index is -0.123. The maximum absolute atomic E-state index is 5.84. The summed E-state index contributed by atoms with van der Waals surface area (Å²) in [6.07, 6.45) is 1.72. The Labute approximate surface area is 91.9 Å². The fraction of sp³-hybridized carbons (Fsp3) is 0.200. The predicted molar refractivity (Wildman–Crippen MR) is 62.8 cm³/mol. The molecule has 0 radical (unpaired) electrons. The van der Waals surface area contributed by atoms with Gasteiger partial charge < -0.3 is 10.5 Å². The van der Waals surface area contributed by atoms with Crippen LogP contribution in [-0.2, 0) is 0 Å². The van der Waals surface area contributed by atoms with Gasteiger partial charge in [-0.3, -0.25) is 0 Å². The molecule has 1 aromatic carbocycles. The lowest BCUT2D eigenvalue weighted by Gasteiger charge is -2.10. The van der Waals surface area contributed by atoms with Gasteiger partial charge in [-0.25, -0.2) is 0 Å². The summed E-state index contributed by atoms with van der Waals surface area (Å²) >= 11 is 2.25. The topological polar surface area (TPSA) is 35.2 Å². The molecule has 0 spiro atoms. The van der Waals surface area contributed by atoms with E-state index in [0.29, 0.717) is 0 Å². The average Bonchev–Trinajstić information content (AvgIpc) is 2.17. The van der Waals surface area contributed by atoms with Crippen molar-refractivity contribution < 1.29 is 4.74 Å². The van der Waals surface area contributed by atoms with Gasteiger partial charge in [0, 0.05) is 9.61 Å². The molecule has 0 fully saturated rings. The van der Waals surface area contributed by atoms with Crippen molar-refractivity contribution in [2.24, 2.45) is 5.73 Å². The maximum atomic E-state index is 5.84. The Morgan fingerprint density at radius 2 is 2.31 bits per heavy atom. The fourth-order valence-electron chi connectivity index (χ4n) is 1.03.